The molecule has 0 spiro atoms. The Bertz CT molecular complexity index is 1260. The number of benzene rings is 2. The Labute approximate surface area is 223 Å². The van der Waals surface area contributed by atoms with Gasteiger partial charge < -0.3 is 19.9 Å². The predicted molar refractivity (Wildman–Crippen MR) is 150 cm³/mol. The molecule has 0 saturated heterocycles. The molecule has 37 heavy (non-hydrogen) atoms. The van der Waals surface area contributed by atoms with Gasteiger partial charge >= 0.3 is 0 Å². The molecule has 0 aromatic heterocycles. The Hall–Kier alpha value is -3.52. The number of rotatable bonds is 8. The summed E-state index contributed by atoms with van der Waals surface area (Å²) in [5.74, 6) is 0.915. The monoisotopic (exact) mass is 518 g/mol. The minimum atomic E-state index is -0.409. The summed E-state index contributed by atoms with van der Waals surface area (Å²) in [6, 6.07) is 15.2. The second-order valence-electron chi connectivity index (χ2n) is 9.48. The maximum atomic E-state index is 13.8. The average Bonchev–Trinajstić information content (AvgIpc) is 3.29. The van der Waals surface area contributed by atoms with Crippen LogP contribution in [0.25, 0.3) is 0 Å². The highest BCUT2D eigenvalue weighted by molar-refractivity contribution is 8.16. The lowest BCUT2D eigenvalue weighted by atomic mass is 9.91. The number of hydrogen-bond acceptors (Lipinski definition) is 6. The van der Waals surface area contributed by atoms with Crippen molar-refractivity contribution in [2.24, 2.45) is 4.99 Å². The van der Waals surface area contributed by atoms with Crippen LogP contribution in [0.15, 0.2) is 75.9 Å². The number of nitrogens with one attached hydrogen (secondary N) is 1. The molecule has 0 saturated carbocycles. The molecule has 2 aromatic carbocycles. The Morgan fingerprint density at radius 3 is 2.41 bits per heavy atom. The van der Waals surface area contributed by atoms with Crippen LogP contribution in [0.1, 0.15) is 57.2 Å². The Kier molecular flexibility index (Phi) is 8.07. The maximum absolute atomic E-state index is 13.8. The van der Waals surface area contributed by atoms with Crippen molar-refractivity contribution in [2.45, 2.75) is 46.1 Å². The number of fused-ring (bicyclic) bond motifs is 1. The highest BCUT2D eigenvalue weighted by atomic mass is 32.2. The first-order chi connectivity index (χ1) is 17.7. The number of allylic oxidation sites excluding steroid dienone is 1. The number of thioether (sulfide) groups is 1. The summed E-state index contributed by atoms with van der Waals surface area (Å²) in [5, 5.41) is 5.79. The lowest BCUT2D eigenvalue weighted by Gasteiger charge is -2.37. The van der Waals surface area contributed by atoms with Gasteiger partial charge in [0.1, 0.15) is 5.75 Å². The first-order valence-electron chi connectivity index (χ1n) is 12.5. The van der Waals surface area contributed by atoms with Gasteiger partial charge in [0.2, 0.25) is 5.91 Å². The van der Waals surface area contributed by atoms with Crippen LogP contribution >= 0.6 is 11.8 Å². The molecule has 7 nitrogen and oxygen atoms in total. The minimum Gasteiger partial charge on any atom is -0.497 e. The molecule has 0 radical (unpaired) electrons. The third kappa shape index (κ3) is 5.59. The van der Waals surface area contributed by atoms with E-state index in [0.717, 1.165) is 16.4 Å². The molecule has 194 valence electrons. The van der Waals surface area contributed by atoms with E-state index in [9.17, 15) is 9.59 Å². The number of ether oxygens (including phenoxy) is 1. The number of nitrogens with zero attached hydrogens (tertiary/aromatic N) is 3. The van der Waals surface area contributed by atoms with Crippen LogP contribution in [0.3, 0.4) is 0 Å². The number of carbonyl (C=O) groups excluding carboxylic acids is 2. The third-order valence-corrected chi connectivity index (χ3v) is 7.63. The van der Waals surface area contributed by atoms with Crippen LogP contribution < -0.4 is 10.1 Å². The molecule has 1 atom stereocenters. The Balaban J connectivity index is 1.73. The zero-order valence-electron chi connectivity index (χ0n) is 22.2. The van der Waals surface area contributed by atoms with Crippen molar-refractivity contribution in [3.63, 3.8) is 0 Å². The van der Waals surface area contributed by atoms with E-state index in [1.165, 1.54) is 17.3 Å². The van der Waals surface area contributed by atoms with Crippen LogP contribution in [0.2, 0.25) is 0 Å². The molecule has 0 bridgehead atoms. The standard InChI is InChI=1S/C29H34N4O3S/c1-7-32(5)25(34)16-23-17-37-29-30-19(4)26(28(35)31-22-12-14-24(36-6)15-13-22)27(33(23)29)21-10-8-20(9-11-21)18(2)3/h8-15,17-18,27H,7,16H2,1-6H3,(H,31,35)/t27-/m0/s1. The molecule has 0 aliphatic carbocycles. The molecule has 2 aromatic rings. The van der Waals surface area contributed by atoms with Gasteiger partial charge in [-0.3, -0.25) is 9.59 Å². The number of amides is 2. The first kappa shape index (κ1) is 26.5. The van der Waals surface area contributed by atoms with E-state index in [0.29, 0.717) is 35.2 Å². The van der Waals surface area contributed by atoms with Gasteiger partial charge in [-0.2, -0.15) is 0 Å². The number of amidine groups is 1. The largest absolute Gasteiger partial charge is 0.497 e. The minimum absolute atomic E-state index is 0.0278. The summed E-state index contributed by atoms with van der Waals surface area (Å²) in [5.41, 5.74) is 4.93. The Morgan fingerprint density at radius 2 is 1.81 bits per heavy atom. The fourth-order valence-corrected chi connectivity index (χ4v) is 5.34. The van der Waals surface area contributed by atoms with Gasteiger partial charge in [0.15, 0.2) is 5.17 Å². The lowest BCUT2D eigenvalue weighted by Crippen LogP contribution is -2.39. The van der Waals surface area contributed by atoms with Crippen molar-refractivity contribution < 1.29 is 14.3 Å². The van der Waals surface area contributed by atoms with Gasteiger partial charge in [-0.25, -0.2) is 4.99 Å². The van der Waals surface area contributed by atoms with Gasteiger partial charge in [0.05, 0.1) is 30.8 Å². The van der Waals surface area contributed by atoms with Crippen LogP contribution in [-0.4, -0.2) is 47.5 Å². The summed E-state index contributed by atoms with van der Waals surface area (Å²) >= 11 is 1.49. The van der Waals surface area contributed by atoms with E-state index in [1.54, 1.807) is 19.1 Å². The Morgan fingerprint density at radius 1 is 1.14 bits per heavy atom. The molecule has 2 aliphatic heterocycles. The molecular weight excluding hydrogens is 484 g/mol. The highest BCUT2D eigenvalue weighted by Gasteiger charge is 2.40. The van der Waals surface area contributed by atoms with Crippen molar-refractivity contribution in [2.75, 3.05) is 26.0 Å². The summed E-state index contributed by atoms with van der Waals surface area (Å²) in [4.78, 5) is 35.2. The number of methoxy groups -OCH3 is 1. The van der Waals surface area contributed by atoms with Gasteiger partial charge in [0.25, 0.3) is 5.91 Å². The SMILES string of the molecule is CCN(C)C(=O)CC1=CSC2=NC(C)=C(C(=O)Nc3ccc(OC)cc3)[C@H](c3ccc(C(C)C)cc3)N12. The van der Waals surface area contributed by atoms with Gasteiger partial charge in [0, 0.05) is 25.0 Å². The van der Waals surface area contributed by atoms with Crippen molar-refractivity contribution in [3.8, 4) is 5.75 Å². The third-order valence-electron chi connectivity index (χ3n) is 6.74. The fraction of sp³-hybridized carbons (Fsp3) is 0.345. The van der Waals surface area contributed by atoms with Crippen molar-refractivity contribution in [3.05, 3.63) is 82.0 Å². The van der Waals surface area contributed by atoms with Crippen LogP contribution in [0, 0.1) is 0 Å². The number of hydrogen-bond donors (Lipinski definition) is 1. The van der Waals surface area contributed by atoms with E-state index >= 15 is 0 Å². The molecule has 2 heterocycles. The zero-order chi connectivity index (χ0) is 26.7. The smallest absolute Gasteiger partial charge is 0.255 e. The normalized spacial score (nSPS) is 16.8. The number of aliphatic imine (C=N–C) groups is 1. The second-order valence-corrected chi connectivity index (χ2v) is 10.3. The van der Waals surface area contributed by atoms with Gasteiger partial charge in [-0.1, -0.05) is 49.9 Å². The average molecular weight is 519 g/mol. The molecular formula is C29H34N4O3S. The van der Waals surface area contributed by atoms with Crippen molar-refractivity contribution in [1.29, 1.82) is 0 Å². The van der Waals surface area contributed by atoms with E-state index in [1.807, 2.05) is 48.4 Å². The van der Waals surface area contributed by atoms with Gasteiger partial charge in [-0.05, 0) is 60.6 Å². The van der Waals surface area contributed by atoms with E-state index in [4.69, 9.17) is 9.73 Å². The van der Waals surface area contributed by atoms with E-state index in [-0.39, 0.29) is 18.2 Å². The van der Waals surface area contributed by atoms with E-state index in [2.05, 4.69) is 43.4 Å². The second kappa shape index (κ2) is 11.3. The quantitative estimate of drug-likeness (QED) is 0.471. The van der Waals surface area contributed by atoms with Crippen molar-refractivity contribution in [1.82, 2.24) is 9.80 Å². The van der Waals surface area contributed by atoms with E-state index < -0.39 is 6.04 Å². The summed E-state index contributed by atoms with van der Waals surface area (Å²) in [6.45, 7) is 8.78. The lowest BCUT2D eigenvalue weighted by molar-refractivity contribution is -0.129. The van der Waals surface area contributed by atoms with Crippen molar-refractivity contribution >= 4 is 34.4 Å². The molecule has 8 heteroatoms. The zero-order valence-corrected chi connectivity index (χ0v) is 23.1. The van der Waals surface area contributed by atoms with Gasteiger partial charge in [-0.15, -0.1) is 0 Å². The first-order valence-corrected chi connectivity index (χ1v) is 13.3. The molecule has 2 amide bonds. The van der Waals surface area contributed by atoms with Crippen LogP contribution in [0.5, 0.6) is 5.75 Å². The highest BCUT2D eigenvalue weighted by Crippen LogP contribution is 2.45. The molecule has 0 unspecified atom stereocenters. The maximum Gasteiger partial charge on any atom is 0.255 e. The molecule has 0 fully saturated rings. The predicted octanol–water partition coefficient (Wildman–Crippen LogP) is 5.90. The van der Waals surface area contributed by atoms with Crippen LogP contribution in [0.4, 0.5) is 5.69 Å². The number of anilines is 1. The molecule has 2 aliphatic rings. The van der Waals surface area contributed by atoms with Crippen LogP contribution in [-0.2, 0) is 9.59 Å². The molecule has 4 rings (SSSR count). The molecule has 1 N–H and O–H groups in total. The fourth-order valence-electron chi connectivity index (χ4n) is 4.38. The number of carbonyl (C=O) groups is 2. The summed E-state index contributed by atoms with van der Waals surface area (Å²) in [7, 11) is 3.41. The topological polar surface area (TPSA) is 74.2 Å². The summed E-state index contributed by atoms with van der Waals surface area (Å²) < 4.78 is 5.24. The summed E-state index contributed by atoms with van der Waals surface area (Å²) in [6.07, 6.45) is 0.239.